The van der Waals surface area contributed by atoms with Crippen LogP contribution in [0.4, 0.5) is 0 Å². The van der Waals surface area contributed by atoms with Gasteiger partial charge < -0.3 is 16.8 Å². The average molecular weight is 172 g/mol. The van der Waals surface area contributed by atoms with E-state index >= 15 is 0 Å². The van der Waals surface area contributed by atoms with Crippen LogP contribution in [0.15, 0.2) is 0 Å². The number of primary amides is 1. The van der Waals surface area contributed by atoms with E-state index in [1.54, 1.807) is 0 Å². The molecule has 0 aromatic rings. The Hall–Kier alpha value is -1.43. The van der Waals surface area contributed by atoms with Gasteiger partial charge in [-0.3, -0.25) is 14.4 Å². The molecule has 0 aliphatic carbocycles. The summed E-state index contributed by atoms with van der Waals surface area (Å²) in [6.45, 7) is -0.231. The smallest absolute Gasteiger partial charge is 0.237 e. The van der Waals surface area contributed by atoms with Crippen molar-refractivity contribution in [1.82, 2.24) is 5.32 Å². The molecule has 12 heavy (non-hydrogen) atoms. The van der Waals surface area contributed by atoms with Crippen molar-refractivity contribution >= 4 is 18.1 Å². The molecule has 1 atom stereocenters. The highest BCUT2D eigenvalue weighted by atomic mass is 16.2. The van der Waals surface area contributed by atoms with Gasteiger partial charge in [-0.05, 0) is 0 Å². The number of carbonyl (C=O) groups excluding carboxylic acids is 3. The molecule has 0 aliphatic heterocycles. The van der Waals surface area contributed by atoms with Crippen molar-refractivity contribution in [1.29, 1.82) is 0 Å². The van der Waals surface area contributed by atoms with Gasteiger partial charge in [0.2, 0.25) is 18.1 Å². The quantitative estimate of drug-likeness (QED) is 0.422. The number of rotatable bonds is 5. The summed E-state index contributed by atoms with van der Waals surface area (Å²) in [4.78, 5) is 30.8. The van der Waals surface area contributed by atoms with Crippen molar-refractivity contribution in [3.8, 4) is 0 Å². The van der Waals surface area contributed by atoms with Gasteiger partial charge >= 0.3 is 0 Å². The molecule has 0 aliphatic rings. The summed E-state index contributed by atoms with van der Waals surface area (Å²) in [6.07, 6.45) is 1.22. The summed E-state index contributed by atoms with van der Waals surface area (Å²) in [7, 11) is 0. The highest BCUT2D eigenvalue weighted by molar-refractivity contribution is 5.88. The molecule has 1 radical (unpaired) electrons. The highest BCUT2D eigenvalue weighted by Gasteiger charge is 2.14. The maximum Gasteiger partial charge on any atom is 0.237 e. The van der Waals surface area contributed by atoms with Crippen molar-refractivity contribution in [2.24, 2.45) is 11.5 Å². The predicted molar refractivity (Wildman–Crippen MR) is 40.5 cm³/mol. The van der Waals surface area contributed by atoms with Crippen molar-refractivity contribution in [3.63, 3.8) is 0 Å². The molecule has 6 heteroatoms. The van der Waals surface area contributed by atoms with Crippen molar-refractivity contribution in [2.45, 2.75) is 12.5 Å². The topological polar surface area (TPSA) is 115 Å². The van der Waals surface area contributed by atoms with Gasteiger partial charge in [-0.15, -0.1) is 0 Å². The Bertz CT molecular complexity index is 192. The molecule has 6 nitrogen and oxygen atoms in total. The normalized spacial score (nSPS) is 11.8. The Morgan fingerprint density at radius 2 is 2.08 bits per heavy atom. The highest BCUT2D eigenvalue weighted by Crippen LogP contribution is 1.85. The predicted octanol–water partition coefficient (Wildman–Crippen LogP) is -2.58. The third-order valence-electron chi connectivity index (χ3n) is 1.09. The van der Waals surface area contributed by atoms with E-state index in [1.807, 2.05) is 0 Å². The lowest BCUT2D eigenvalue weighted by Gasteiger charge is -2.07. The second kappa shape index (κ2) is 5.25. The molecule has 1 unspecified atom stereocenters. The molecule has 5 N–H and O–H groups in total. The van der Waals surface area contributed by atoms with E-state index in [0.717, 1.165) is 0 Å². The number of hydrogen-bond donors (Lipinski definition) is 3. The van der Waals surface area contributed by atoms with Gasteiger partial charge in [-0.1, -0.05) is 0 Å². The van der Waals surface area contributed by atoms with E-state index in [1.165, 1.54) is 6.29 Å². The van der Waals surface area contributed by atoms with E-state index in [0.29, 0.717) is 0 Å². The van der Waals surface area contributed by atoms with Crippen LogP contribution in [0.2, 0.25) is 0 Å². The Balaban J connectivity index is 3.76. The van der Waals surface area contributed by atoms with Crippen LogP contribution in [-0.4, -0.2) is 30.7 Å². The standard InChI is InChI=1S/C6H10N3O3/c7-4(3-5(8)11)6(12)9-1-2-10/h4H,1,3,7H2,(H2,8,11)(H,9,12). The second-order valence-corrected chi connectivity index (χ2v) is 2.14. The number of nitrogens with one attached hydrogen (secondary N) is 1. The molecular weight excluding hydrogens is 162 g/mol. The minimum Gasteiger partial charge on any atom is -0.370 e. The van der Waals surface area contributed by atoms with E-state index in [9.17, 15) is 14.4 Å². The monoisotopic (exact) mass is 172 g/mol. The lowest BCUT2D eigenvalue weighted by Crippen LogP contribution is -2.43. The van der Waals surface area contributed by atoms with Crippen LogP contribution in [0, 0.1) is 0 Å². The molecule has 0 bridgehead atoms. The fraction of sp³-hybridized carbons (Fsp3) is 0.500. The van der Waals surface area contributed by atoms with Crippen LogP contribution in [0.1, 0.15) is 6.42 Å². The molecule has 0 saturated heterocycles. The molecule has 0 aromatic heterocycles. The van der Waals surface area contributed by atoms with E-state index in [4.69, 9.17) is 11.5 Å². The lowest BCUT2D eigenvalue weighted by atomic mass is 10.2. The fourth-order valence-electron chi connectivity index (χ4n) is 0.564. The van der Waals surface area contributed by atoms with Gasteiger partial charge in [0.15, 0.2) is 0 Å². The summed E-state index contributed by atoms with van der Waals surface area (Å²) < 4.78 is 0. The largest absolute Gasteiger partial charge is 0.370 e. The van der Waals surface area contributed by atoms with Crippen LogP contribution in [-0.2, 0) is 14.4 Å². The Morgan fingerprint density at radius 1 is 1.50 bits per heavy atom. The zero-order chi connectivity index (χ0) is 9.56. The zero-order valence-corrected chi connectivity index (χ0v) is 6.37. The first-order valence-electron chi connectivity index (χ1n) is 3.24. The number of carbonyl (C=O) groups is 2. The zero-order valence-electron chi connectivity index (χ0n) is 6.37. The third kappa shape index (κ3) is 4.40. The van der Waals surface area contributed by atoms with E-state index < -0.39 is 17.9 Å². The average Bonchev–Trinajstić information content (AvgIpc) is 1.98. The summed E-state index contributed by atoms with van der Waals surface area (Å²) in [6, 6.07) is -0.990. The molecule has 2 amide bonds. The molecular formula is C6H10N3O3. The minimum atomic E-state index is -0.990. The molecule has 0 heterocycles. The molecule has 0 saturated carbocycles. The van der Waals surface area contributed by atoms with Crippen LogP contribution in [0.25, 0.3) is 0 Å². The second-order valence-electron chi connectivity index (χ2n) is 2.14. The van der Waals surface area contributed by atoms with Gasteiger partial charge in [0.1, 0.15) is 0 Å². The van der Waals surface area contributed by atoms with Crippen molar-refractivity contribution in [3.05, 3.63) is 0 Å². The SMILES string of the molecule is NC(=O)CC(N)C(=O)NC[C]=O. The third-order valence-corrected chi connectivity index (χ3v) is 1.09. The Morgan fingerprint density at radius 3 is 2.50 bits per heavy atom. The van der Waals surface area contributed by atoms with Gasteiger partial charge in [-0.2, -0.15) is 0 Å². The van der Waals surface area contributed by atoms with Gasteiger partial charge in [0.25, 0.3) is 0 Å². The van der Waals surface area contributed by atoms with Gasteiger partial charge in [0.05, 0.1) is 19.0 Å². The Kier molecular flexibility index (Phi) is 4.62. The van der Waals surface area contributed by atoms with Gasteiger partial charge in [0, 0.05) is 0 Å². The van der Waals surface area contributed by atoms with Crippen LogP contribution >= 0.6 is 0 Å². The first-order valence-corrected chi connectivity index (χ1v) is 3.24. The maximum atomic E-state index is 10.8. The van der Waals surface area contributed by atoms with Crippen LogP contribution < -0.4 is 16.8 Å². The minimum absolute atomic E-state index is 0.231. The number of hydrogen-bond acceptors (Lipinski definition) is 4. The van der Waals surface area contributed by atoms with E-state index in [-0.39, 0.29) is 13.0 Å². The molecule has 0 spiro atoms. The number of nitrogens with two attached hydrogens (primary N) is 2. The van der Waals surface area contributed by atoms with Gasteiger partial charge in [-0.25, -0.2) is 0 Å². The number of amides is 2. The summed E-state index contributed by atoms with van der Waals surface area (Å²) in [5.74, 6) is -1.25. The summed E-state index contributed by atoms with van der Waals surface area (Å²) in [5.41, 5.74) is 10.00. The summed E-state index contributed by atoms with van der Waals surface area (Å²) in [5, 5.41) is 2.14. The van der Waals surface area contributed by atoms with Crippen LogP contribution in [0.5, 0.6) is 0 Å². The Labute approximate surface area is 69.3 Å². The van der Waals surface area contributed by atoms with Crippen LogP contribution in [0.3, 0.4) is 0 Å². The molecule has 67 valence electrons. The summed E-state index contributed by atoms with van der Waals surface area (Å²) >= 11 is 0. The van der Waals surface area contributed by atoms with Crippen molar-refractivity contribution in [2.75, 3.05) is 6.54 Å². The van der Waals surface area contributed by atoms with Crippen molar-refractivity contribution < 1.29 is 14.4 Å². The fourth-order valence-corrected chi connectivity index (χ4v) is 0.564. The molecule has 0 aromatic carbocycles. The first-order chi connectivity index (χ1) is 5.57. The molecule has 0 fully saturated rings. The first kappa shape index (κ1) is 10.6. The maximum absolute atomic E-state index is 10.8. The molecule has 0 rings (SSSR count). The van der Waals surface area contributed by atoms with E-state index in [2.05, 4.69) is 5.32 Å². The lowest BCUT2D eigenvalue weighted by molar-refractivity contribution is -0.126.